The number of fused-ring (bicyclic) bond motifs is 1. The number of nitrogens with one attached hydrogen (secondary N) is 2. The highest BCUT2D eigenvalue weighted by Crippen LogP contribution is 2.24. The number of aromatic nitrogens is 3. The summed E-state index contributed by atoms with van der Waals surface area (Å²) in [7, 11) is -3.78. The lowest BCUT2D eigenvalue weighted by Gasteiger charge is -2.26. The molecule has 1 aliphatic rings. The van der Waals surface area contributed by atoms with E-state index in [2.05, 4.69) is 15.4 Å². The second-order valence-corrected chi connectivity index (χ2v) is 10.1. The number of pyridine rings is 1. The summed E-state index contributed by atoms with van der Waals surface area (Å²) in [4.78, 5) is 28.0. The zero-order chi connectivity index (χ0) is 24.4. The highest BCUT2D eigenvalue weighted by atomic mass is 32.2. The molecule has 0 bridgehead atoms. The number of sulfonamides is 1. The number of hydrogen-bond acceptors (Lipinski definition) is 6. The minimum absolute atomic E-state index is 0.0451. The first-order valence-corrected chi connectivity index (χ1v) is 12.5. The molecule has 1 aliphatic heterocycles. The average Bonchev–Trinajstić information content (AvgIpc) is 3.30. The SMILES string of the molecule is O=C(Nc1cnn(Cc2ccccc2)c1)c1cc(=O)[nH]c2ccc(S(=O)(=O)N3CCOCC3)cc12. The van der Waals surface area contributed by atoms with Crippen molar-refractivity contribution in [2.75, 3.05) is 31.6 Å². The zero-order valence-electron chi connectivity index (χ0n) is 18.7. The third-order valence-corrected chi connectivity index (χ3v) is 7.64. The van der Waals surface area contributed by atoms with Gasteiger partial charge in [0, 0.05) is 36.3 Å². The van der Waals surface area contributed by atoms with Crippen LogP contribution in [-0.2, 0) is 21.3 Å². The average molecular weight is 494 g/mol. The summed E-state index contributed by atoms with van der Waals surface area (Å²) < 4.78 is 34.5. The van der Waals surface area contributed by atoms with Crippen LogP contribution in [0.15, 0.2) is 76.7 Å². The molecule has 0 atom stereocenters. The minimum Gasteiger partial charge on any atom is -0.379 e. The molecule has 180 valence electrons. The Balaban J connectivity index is 1.44. The van der Waals surface area contributed by atoms with E-state index in [0.29, 0.717) is 36.3 Å². The van der Waals surface area contributed by atoms with Gasteiger partial charge in [-0.15, -0.1) is 0 Å². The first-order valence-electron chi connectivity index (χ1n) is 11.0. The topological polar surface area (TPSA) is 126 Å². The van der Waals surface area contributed by atoms with Gasteiger partial charge < -0.3 is 15.0 Å². The third-order valence-electron chi connectivity index (χ3n) is 5.75. The molecule has 0 aliphatic carbocycles. The number of carbonyl (C=O) groups is 1. The van der Waals surface area contributed by atoms with Gasteiger partial charge >= 0.3 is 0 Å². The largest absolute Gasteiger partial charge is 0.379 e. The van der Waals surface area contributed by atoms with Crippen LogP contribution < -0.4 is 10.9 Å². The fraction of sp³-hybridized carbons (Fsp3) is 0.208. The van der Waals surface area contributed by atoms with Crippen molar-refractivity contribution in [3.8, 4) is 0 Å². The predicted molar refractivity (Wildman–Crippen MR) is 130 cm³/mol. The van der Waals surface area contributed by atoms with Crippen LogP contribution in [0.5, 0.6) is 0 Å². The third kappa shape index (κ3) is 4.87. The smallest absolute Gasteiger partial charge is 0.256 e. The quantitative estimate of drug-likeness (QED) is 0.423. The van der Waals surface area contributed by atoms with Crippen LogP contribution in [0.3, 0.4) is 0 Å². The number of anilines is 1. The van der Waals surface area contributed by atoms with Crippen molar-refractivity contribution in [3.63, 3.8) is 0 Å². The van der Waals surface area contributed by atoms with Crippen molar-refractivity contribution < 1.29 is 17.9 Å². The number of rotatable bonds is 6. The molecule has 1 fully saturated rings. The molecule has 0 saturated carbocycles. The van der Waals surface area contributed by atoms with E-state index in [4.69, 9.17) is 4.74 Å². The number of amides is 1. The van der Waals surface area contributed by atoms with Gasteiger partial charge in [0.25, 0.3) is 5.91 Å². The Morgan fingerprint density at radius 1 is 1.09 bits per heavy atom. The molecule has 10 nitrogen and oxygen atoms in total. The monoisotopic (exact) mass is 493 g/mol. The lowest BCUT2D eigenvalue weighted by atomic mass is 10.1. The molecule has 3 heterocycles. The number of aromatic amines is 1. The van der Waals surface area contributed by atoms with Gasteiger partial charge in [0.15, 0.2) is 0 Å². The summed E-state index contributed by atoms with van der Waals surface area (Å²) in [6.07, 6.45) is 3.21. The second-order valence-electron chi connectivity index (χ2n) is 8.14. The van der Waals surface area contributed by atoms with Crippen molar-refractivity contribution in [1.29, 1.82) is 0 Å². The number of H-pyrrole nitrogens is 1. The Morgan fingerprint density at radius 2 is 1.86 bits per heavy atom. The van der Waals surface area contributed by atoms with Gasteiger partial charge in [-0.2, -0.15) is 9.40 Å². The van der Waals surface area contributed by atoms with Gasteiger partial charge in [-0.1, -0.05) is 30.3 Å². The summed E-state index contributed by atoms with van der Waals surface area (Å²) in [6.45, 7) is 1.70. The molecule has 35 heavy (non-hydrogen) atoms. The van der Waals surface area contributed by atoms with Crippen LogP contribution in [0.1, 0.15) is 15.9 Å². The lowest BCUT2D eigenvalue weighted by molar-refractivity contribution is 0.0730. The number of hydrogen-bond donors (Lipinski definition) is 2. The molecule has 5 rings (SSSR count). The molecule has 2 aromatic heterocycles. The number of nitrogens with zero attached hydrogens (tertiary/aromatic N) is 3. The number of carbonyl (C=O) groups excluding carboxylic acids is 1. The van der Waals surface area contributed by atoms with E-state index < -0.39 is 21.5 Å². The molecule has 0 spiro atoms. The molecule has 0 radical (unpaired) electrons. The van der Waals surface area contributed by atoms with E-state index >= 15 is 0 Å². The van der Waals surface area contributed by atoms with E-state index in [9.17, 15) is 18.0 Å². The Bertz CT molecular complexity index is 1540. The summed E-state index contributed by atoms with van der Waals surface area (Å²) in [5.41, 5.74) is 1.48. The van der Waals surface area contributed by atoms with E-state index in [1.54, 1.807) is 10.9 Å². The maximum absolute atomic E-state index is 13.1. The first kappa shape index (κ1) is 23.0. The number of benzene rings is 2. The summed E-state index contributed by atoms with van der Waals surface area (Å²) >= 11 is 0. The fourth-order valence-electron chi connectivity index (χ4n) is 4.00. The Hall–Kier alpha value is -3.80. The maximum Gasteiger partial charge on any atom is 0.256 e. The minimum atomic E-state index is -3.78. The van der Waals surface area contributed by atoms with Crippen LogP contribution in [0.4, 0.5) is 5.69 Å². The molecule has 4 aromatic rings. The normalized spacial score (nSPS) is 14.7. The number of ether oxygens (including phenoxy) is 1. The summed E-state index contributed by atoms with van der Waals surface area (Å²) in [6, 6.07) is 15.3. The zero-order valence-corrected chi connectivity index (χ0v) is 19.5. The summed E-state index contributed by atoms with van der Waals surface area (Å²) in [5, 5.41) is 7.36. The standard InChI is InChI=1S/C24H23N5O5S/c30-23-13-21(24(31)26-18-14-25-28(16-18)15-17-4-2-1-3-5-17)20-12-19(6-7-22(20)27-23)35(32,33)29-8-10-34-11-9-29/h1-7,12-14,16H,8-11,15H2,(H,26,31)(H,27,30). The fourth-order valence-corrected chi connectivity index (χ4v) is 5.44. The van der Waals surface area contributed by atoms with Crippen LogP contribution in [-0.4, -0.2) is 59.7 Å². The summed E-state index contributed by atoms with van der Waals surface area (Å²) in [5.74, 6) is -0.540. The Morgan fingerprint density at radius 3 is 2.63 bits per heavy atom. The highest BCUT2D eigenvalue weighted by Gasteiger charge is 2.27. The van der Waals surface area contributed by atoms with Gasteiger partial charge in [-0.05, 0) is 23.8 Å². The lowest BCUT2D eigenvalue weighted by Crippen LogP contribution is -2.40. The van der Waals surface area contributed by atoms with Gasteiger partial charge in [0.1, 0.15) is 0 Å². The Labute approximate surface area is 201 Å². The van der Waals surface area contributed by atoms with Crippen molar-refractivity contribution in [2.24, 2.45) is 0 Å². The van der Waals surface area contributed by atoms with Crippen LogP contribution in [0.25, 0.3) is 10.9 Å². The van der Waals surface area contributed by atoms with Crippen LogP contribution >= 0.6 is 0 Å². The van der Waals surface area contributed by atoms with Crippen molar-refractivity contribution in [3.05, 3.63) is 88.5 Å². The van der Waals surface area contributed by atoms with Gasteiger partial charge in [-0.25, -0.2) is 8.42 Å². The maximum atomic E-state index is 13.1. The van der Waals surface area contributed by atoms with Gasteiger partial charge in [0.2, 0.25) is 15.6 Å². The molecule has 2 N–H and O–H groups in total. The van der Waals surface area contributed by atoms with Gasteiger partial charge in [0.05, 0.1) is 42.1 Å². The molecule has 1 saturated heterocycles. The van der Waals surface area contributed by atoms with Gasteiger partial charge in [-0.3, -0.25) is 14.3 Å². The second kappa shape index (κ2) is 9.45. The molecule has 1 amide bonds. The van der Waals surface area contributed by atoms with E-state index in [-0.39, 0.29) is 23.5 Å². The molecule has 11 heteroatoms. The highest BCUT2D eigenvalue weighted by molar-refractivity contribution is 7.89. The van der Waals surface area contributed by atoms with Crippen molar-refractivity contribution in [1.82, 2.24) is 19.1 Å². The molecule has 2 aromatic carbocycles. The molecule has 0 unspecified atom stereocenters. The van der Waals surface area contributed by atoms with Crippen molar-refractivity contribution >= 4 is 32.5 Å². The first-order chi connectivity index (χ1) is 16.9. The number of morpholine rings is 1. The van der Waals surface area contributed by atoms with Crippen LogP contribution in [0, 0.1) is 0 Å². The van der Waals surface area contributed by atoms with Crippen LogP contribution in [0.2, 0.25) is 0 Å². The van der Waals surface area contributed by atoms with E-state index in [1.165, 1.54) is 28.7 Å². The van der Waals surface area contributed by atoms with E-state index in [1.807, 2.05) is 30.3 Å². The molecular weight excluding hydrogens is 470 g/mol. The molecular formula is C24H23N5O5S. The Kier molecular flexibility index (Phi) is 6.20. The van der Waals surface area contributed by atoms with Crippen molar-refractivity contribution in [2.45, 2.75) is 11.4 Å². The predicted octanol–water partition coefficient (Wildman–Crippen LogP) is 2.05. The van der Waals surface area contributed by atoms with E-state index in [0.717, 1.165) is 11.6 Å².